The lowest BCUT2D eigenvalue weighted by molar-refractivity contribution is 0.482. The topological polar surface area (TPSA) is 276 Å². The third-order valence-electron chi connectivity index (χ3n) is 0. The zero-order valence-corrected chi connectivity index (χ0v) is 9.90. The molecule has 0 amide bonds. The van der Waals surface area contributed by atoms with Crippen LogP contribution in [0, 0.1) is 0 Å². The molecule has 16 heavy (non-hydrogen) atoms. The zero-order chi connectivity index (χ0) is 13.5. The van der Waals surface area contributed by atoms with Gasteiger partial charge in [0.05, 0.1) is 0 Å². The Kier molecular flexibility index (Phi) is 13.4. The van der Waals surface area contributed by atoms with Crippen molar-refractivity contribution in [3.8, 4) is 0 Å². The van der Waals surface area contributed by atoms with E-state index >= 15 is 0 Å². The van der Waals surface area contributed by atoms with Crippen molar-refractivity contribution in [3.05, 3.63) is 0 Å². The van der Waals surface area contributed by atoms with Gasteiger partial charge in [-0.2, -0.15) is 25.3 Å². The van der Waals surface area contributed by atoms with Gasteiger partial charge in [-0.1, -0.05) is 0 Å². The van der Waals surface area contributed by atoms with Gasteiger partial charge in [0.2, 0.25) is 0 Å². The molecule has 0 saturated carbocycles. The molecule has 0 spiro atoms. The standard InChI is InChI=1S/3H3NO3S.H3N/c3*1-5(2,3)4;/h3*(H3,1,2,3,4);1H3. The molecule has 0 unspecified atom stereocenters. The Balaban J connectivity index is -0.0000000655. The third-order valence-corrected chi connectivity index (χ3v) is 0. The second-order valence-corrected chi connectivity index (χ2v) is 4.63. The molecule has 0 aliphatic heterocycles. The predicted octanol–water partition coefficient (Wildman–Crippen LogP) is -3.59. The van der Waals surface area contributed by atoms with E-state index in [1.54, 1.807) is 0 Å². The van der Waals surface area contributed by atoms with E-state index in [0.29, 0.717) is 0 Å². The maximum Gasteiger partial charge on any atom is 0.330 e. The zero-order valence-electron chi connectivity index (χ0n) is 7.46. The predicted molar refractivity (Wildman–Crippen MR) is 52.2 cm³/mol. The molecule has 0 aliphatic rings. The minimum absolute atomic E-state index is 0. The molecule has 104 valence electrons. The lowest BCUT2D eigenvalue weighted by Gasteiger charge is -1.70. The van der Waals surface area contributed by atoms with E-state index in [1.807, 2.05) is 0 Å². The van der Waals surface area contributed by atoms with Crippen LogP contribution in [0.4, 0.5) is 0 Å². The Labute approximate surface area is 91.8 Å². The molecule has 0 aromatic rings. The average Bonchev–Trinajstić information content (AvgIpc) is 1.41. The monoisotopic (exact) mass is 308 g/mol. The van der Waals surface area contributed by atoms with Gasteiger partial charge in [-0.05, 0) is 0 Å². The van der Waals surface area contributed by atoms with Crippen molar-refractivity contribution in [1.29, 1.82) is 0 Å². The first-order valence-electron chi connectivity index (χ1n) is 2.25. The first-order chi connectivity index (χ1) is 6.00. The van der Waals surface area contributed by atoms with Crippen LogP contribution >= 0.6 is 0 Å². The maximum absolute atomic E-state index is 8.97. The highest BCUT2D eigenvalue weighted by Gasteiger charge is 1.82. The summed E-state index contributed by atoms with van der Waals surface area (Å²) >= 11 is 0. The van der Waals surface area contributed by atoms with Gasteiger partial charge in [0.25, 0.3) is 0 Å². The number of rotatable bonds is 0. The number of hydrogen-bond donors (Lipinski definition) is 7. The molecular weight excluding hydrogens is 296 g/mol. The molecule has 0 aromatic heterocycles. The Morgan fingerprint density at radius 2 is 0.562 bits per heavy atom. The van der Waals surface area contributed by atoms with Crippen LogP contribution in [0.25, 0.3) is 0 Å². The smallest absolute Gasteiger partial charge is 0.330 e. The van der Waals surface area contributed by atoms with E-state index in [4.69, 9.17) is 38.9 Å². The summed E-state index contributed by atoms with van der Waals surface area (Å²) in [6.07, 6.45) is 0. The van der Waals surface area contributed by atoms with Crippen LogP contribution < -0.4 is 21.6 Å². The molecule has 0 atom stereocenters. The van der Waals surface area contributed by atoms with Crippen molar-refractivity contribution >= 4 is 30.9 Å². The largest absolute Gasteiger partial charge is 0.344 e. The summed E-state index contributed by atoms with van der Waals surface area (Å²) in [4.78, 5) is 0. The highest BCUT2D eigenvalue weighted by molar-refractivity contribution is 7.83. The molecule has 16 heteroatoms. The summed E-state index contributed by atoms with van der Waals surface area (Å²) in [5.41, 5.74) is 0. The van der Waals surface area contributed by atoms with Crippen molar-refractivity contribution in [2.75, 3.05) is 0 Å². The first kappa shape index (κ1) is 24.7. The molecule has 0 radical (unpaired) electrons. The number of hydrogen-bond acceptors (Lipinski definition) is 7. The second kappa shape index (κ2) is 8.69. The Morgan fingerprint density at radius 3 is 0.562 bits per heavy atom. The van der Waals surface area contributed by atoms with Crippen molar-refractivity contribution < 1.29 is 38.9 Å². The van der Waals surface area contributed by atoms with Crippen LogP contribution in [0.2, 0.25) is 0 Å². The summed E-state index contributed by atoms with van der Waals surface area (Å²) in [5, 5.41) is 11.6. The van der Waals surface area contributed by atoms with E-state index in [-0.39, 0.29) is 6.15 Å². The summed E-state index contributed by atoms with van der Waals surface area (Å²) in [5.74, 6) is 0. The van der Waals surface area contributed by atoms with Gasteiger partial charge in [0.1, 0.15) is 0 Å². The van der Waals surface area contributed by atoms with Gasteiger partial charge in [0, 0.05) is 0 Å². The molecule has 12 N–H and O–H groups in total. The average molecular weight is 308 g/mol. The quantitative estimate of drug-likeness (QED) is 0.216. The molecule has 0 rings (SSSR count). The fourth-order valence-corrected chi connectivity index (χ4v) is 0. The molecule has 0 saturated heterocycles. The molecule has 13 nitrogen and oxygen atoms in total. The van der Waals surface area contributed by atoms with Gasteiger partial charge < -0.3 is 6.15 Å². The Morgan fingerprint density at radius 1 is 0.562 bits per heavy atom. The molecule has 0 aromatic carbocycles. The van der Waals surface area contributed by atoms with E-state index in [9.17, 15) is 0 Å². The summed E-state index contributed by atoms with van der Waals surface area (Å²) in [6, 6.07) is 0. The molecule has 0 aliphatic carbocycles. The second-order valence-electron chi connectivity index (χ2n) is 1.54. The van der Waals surface area contributed by atoms with E-state index < -0.39 is 30.9 Å². The van der Waals surface area contributed by atoms with Gasteiger partial charge in [-0.3, -0.25) is 13.7 Å². The van der Waals surface area contributed by atoms with Crippen LogP contribution in [0.15, 0.2) is 0 Å². The lowest BCUT2D eigenvalue weighted by Crippen LogP contribution is -2.08. The van der Waals surface area contributed by atoms with Gasteiger partial charge in [-0.15, -0.1) is 0 Å². The summed E-state index contributed by atoms with van der Waals surface area (Å²) in [7, 11) is -12.5. The highest BCUT2D eigenvalue weighted by Crippen LogP contribution is 1.51. The van der Waals surface area contributed by atoms with Crippen LogP contribution in [0.5, 0.6) is 0 Å². The SMILES string of the molecule is N.NS(=O)(=O)O.NS(=O)(=O)O.NS(=O)(=O)O. The van der Waals surface area contributed by atoms with E-state index in [1.165, 1.54) is 0 Å². The summed E-state index contributed by atoms with van der Waals surface area (Å²) < 4.78 is 75.6. The fraction of sp³-hybridized carbons (Fsp3) is 0. The minimum atomic E-state index is -4.17. The fourth-order valence-electron chi connectivity index (χ4n) is 0. The van der Waals surface area contributed by atoms with Crippen LogP contribution in [-0.4, -0.2) is 38.9 Å². The van der Waals surface area contributed by atoms with Gasteiger partial charge >= 0.3 is 30.9 Å². The van der Waals surface area contributed by atoms with E-state index in [2.05, 4.69) is 15.4 Å². The van der Waals surface area contributed by atoms with Crippen LogP contribution in [0.1, 0.15) is 0 Å². The van der Waals surface area contributed by atoms with Crippen molar-refractivity contribution in [1.82, 2.24) is 6.15 Å². The normalized spacial score (nSPS) is 10.9. The Bertz CT molecular complexity index is 344. The van der Waals surface area contributed by atoms with Crippen molar-refractivity contribution in [2.24, 2.45) is 15.4 Å². The molecule has 0 heterocycles. The summed E-state index contributed by atoms with van der Waals surface area (Å²) in [6.45, 7) is 0. The third kappa shape index (κ3) is 11600. The van der Waals surface area contributed by atoms with Gasteiger partial charge in [0.15, 0.2) is 0 Å². The number of nitrogens with two attached hydrogens (primary N) is 3. The highest BCUT2D eigenvalue weighted by atomic mass is 32.2. The minimum Gasteiger partial charge on any atom is -0.344 e. The van der Waals surface area contributed by atoms with Crippen LogP contribution in [0.3, 0.4) is 0 Å². The maximum atomic E-state index is 8.97. The van der Waals surface area contributed by atoms with Crippen molar-refractivity contribution in [2.45, 2.75) is 0 Å². The Hall–Kier alpha value is -0.430. The molecule has 0 bridgehead atoms. The first-order valence-corrected chi connectivity index (χ1v) is 6.76. The van der Waals surface area contributed by atoms with Crippen LogP contribution in [-0.2, 0) is 30.9 Å². The van der Waals surface area contributed by atoms with Crippen molar-refractivity contribution in [3.63, 3.8) is 0 Å². The molecular formula is H12N4O9S3. The molecule has 0 fully saturated rings. The lowest BCUT2D eigenvalue weighted by atomic mass is 13.9. The van der Waals surface area contributed by atoms with E-state index in [0.717, 1.165) is 0 Å². The van der Waals surface area contributed by atoms with Gasteiger partial charge in [-0.25, -0.2) is 15.4 Å².